The van der Waals surface area contributed by atoms with Crippen molar-refractivity contribution in [1.82, 2.24) is 4.90 Å². The summed E-state index contributed by atoms with van der Waals surface area (Å²) in [7, 11) is 3.50. The van der Waals surface area contributed by atoms with Crippen molar-refractivity contribution in [1.29, 1.82) is 0 Å². The zero-order valence-electron chi connectivity index (χ0n) is 15.0. The minimum Gasteiger partial charge on any atom is -0.495 e. The van der Waals surface area contributed by atoms with E-state index in [-0.39, 0.29) is 12.5 Å². The molecule has 4 nitrogen and oxygen atoms in total. The largest absolute Gasteiger partial charge is 0.495 e. The van der Waals surface area contributed by atoms with Gasteiger partial charge in [0.15, 0.2) is 0 Å². The average Bonchev–Trinajstić information content (AvgIpc) is 3.00. The minimum absolute atomic E-state index is 0.0907. The molecule has 1 N–H and O–H groups in total. The van der Waals surface area contributed by atoms with Crippen LogP contribution in [0.1, 0.15) is 11.1 Å². The molecule has 6 heteroatoms. The molecule has 0 radical (unpaired) electrons. The minimum atomic E-state index is -0.0907. The van der Waals surface area contributed by atoms with Gasteiger partial charge in [0.05, 0.1) is 19.3 Å². The number of methoxy groups -OCH3 is 1. The Labute approximate surface area is 162 Å². The maximum absolute atomic E-state index is 12.4. The third-order valence-corrected chi connectivity index (χ3v) is 5.59. The summed E-state index contributed by atoms with van der Waals surface area (Å²) in [5.74, 6) is 0.465. The van der Waals surface area contributed by atoms with Crippen molar-refractivity contribution < 1.29 is 9.53 Å². The zero-order chi connectivity index (χ0) is 18.7. The molecule has 1 aromatic heterocycles. The summed E-state index contributed by atoms with van der Waals surface area (Å²) in [6, 6.07) is 11.9. The molecule has 1 heterocycles. The van der Waals surface area contributed by atoms with Crippen LogP contribution >= 0.6 is 22.9 Å². The number of carbonyl (C=O) groups excluding carboxylic acids is 1. The lowest BCUT2D eigenvalue weighted by Crippen LogP contribution is -2.29. The Balaban J connectivity index is 1.65. The number of likely N-dealkylation sites (N-methyl/N-ethyl adjacent to an activating group) is 1. The topological polar surface area (TPSA) is 41.6 Å². The van der Waals surface area contributed by atoms with Crippen molar-refractivity contribution in [2.45, 2.75) is 13.5 Å². The summed E-state index contributed by atoms with van der Waals surface area (Å²) < 4.78 is 6.57. The number of halogens is 1. The van der Waals surface area contributed by atoms with Gasteiger partial charge in [-0.1, -0.05) is 29.8 Å². The molecular weight excluding hydrogens is 368 g/mol. The first kappa shape index (κ1) is 18.7. The van der Waals surface area contributed by atoms with Crippen LogP contribution in [0.25, 0.3) is 10.1 Å². The normalized spacial score (nSPS) is 11.1. The first-order chi connectivity index (χ1) is 12.5. The molecule has 1 amide bonds. The number of carbonyl (C=O) groups is 1. The summed E-state index contributed by atoms with van der Waals surface area (Å²) in [4.78, 5) is 14.4. The molecule has 0 fully saturated rings. The van der Waals surface area contributed by atoms with Crippen molar-refractivity contribution in [3.05, 3.63) is 57.9 Å². The molecule has 3 aromatic rings. The molecule has 0 spiro atoms. The summed E-state index contributed by atoms with van der Waals surface area (Å²) in [6.07, 6.45) is 0. The number of amides is 1. The van der Waals surface area contributed by atoms with E-state index in [0.29, 0.717) is 23.0 Å². The zero-order valence-corrected chi connectivity index (χ0v) is 16.6. The number of nitrogens with zero attached hydrogens (tertiary/aromatic N) is 1. The molecule has 0 aliphatic rings. The Hall–Kier alpha value is -2.08. The first-order valence-electron chi connectivity index (χ1n) is 8.25. The van der Waals surface area contributed by atoms with E-state index in [1.165, 1.54) is 15.6 Å². The molecule has 136 valence electrons. The van der Waals surface area contributed by atoms with Gasteiger partial charge in [-0.2, -0.15) is 0 Å². The number of benzene rings is 2. The summed E-state index contributed by atoms with van der Waals surface area (Å²) >= 11 is 7.84. The monoisotopic (exact) mass is 388 g/mol. The molecule has 0 atom stereocenters. The van der Waals surface area contributed by atoms with Crippen LogP contribution in [0.3, 0.4) is 0 Å². The Kier molecular flexibility index (Phi) is 5.81. The second-order valence-corrected chi connectivity index (χ2v) is 7.60. The van der Waals surface area contributed by atoms with E-state index in [1.54, 1.807) is 24.5 Å². The Bertz CT molecular complexity index is 939. The summed E-state index contributed by atoms with van der Waals surface area (Å²) in [5.41, 5.74) is 2.76. The average molecular weight is 389 g/mol. The summed E-state index contributed by atoms with van der Waals surface area (Å²) in [6.45, 7) is 2.90. The lowest BCUT2D eigenvalue weighted by Gasteiger charge is -2.17. The second kappa shape index (κ2) is 8.08. The van der Waals surface area contributed by atoms with Crippen molar-refractivity contribution in [3.8, 4) is 5.75 Å². The number of rotatable bonds is 6. The van der Waals surface area contributed by atoms with Crippen molar-refractivity contribution in [3.63, 3.8) is 0 Å². The van der Waals surface area contributed by atoms with E-state index in [0.717, 1.165) is 5.56 Å². The van der Waals surface area contributed by atoms with Gasteiger partial charge in [0.1, 0.15) is 5.75 Å². The smallest absolute Gasteiger partial charge is 0.238 e. The van der Waals surface area contributed by atoms with E-state index in [9.17, 15) is 4.79 Å². The lowest BCUT2D eigenvalue weighted by molar-refractivity contribution is -0.117. The van der Waals surface area contributed by atoms with Crippen LogP contribution in [0.4, 0.5) is 5.69 Å². The fraction of sp³-hybridized carbons (Fsp3) is 0.250. The van der Waals surface area contributed by atoms with Crippen molar-refractivity contribution in [2.24, 2.45) is 0 Å². The van der Waals surface area contributed by atoms with Crippen LogP contribution in [0.15, 0.2) is 41.8 Å². The highest BCUT2D eigenvalue weighted by Crippen LogP contribution is 2.31. The highest BCUT2D eigenvalue weighted by molar-refractivity contribution is 7.17. The second-order valence-electron chi connectivity index (χ2n) is 6.28. The van der Waals surface area contributed by atoms with Gasteiger partial charge in [-0.05, 0) is 48.0 Å². The molecule has 2 aromatic carbocycles. The maximum atomic E-state index is 12.4. The SMILES string of the molecule is COc1cc(Cl)c(C)cc1NC(=O)CN(C)Cc1csc2ccccc12. The number of hydrogen-bond acceptors (Lipinski definition) is 4. The molecule has 3 rings (SSSR count). The third-order valence-electron chi connectivity index (χ3n) is 4.17. The molecule has 0 saturated carbocycles. The molecule has 0 unspecified atom stereocenters. The number of fused-ring (bicyclic) bond motifs is 1. The van der Waals surface area contributed by atoms with Gasteiger partial charge in [0.25, 0.3) is 0 Å². The number of anilines is 1. The van der Waals surface area contributed by atoms with E-state index >= 15 is 0 Å². The van der Waals surface area contributed by atoms with Gasteiger partial charge in [-0.3, -0.25) is 9.69 Å². The van der Waals surface area contributed by atoms with Crippen LogP contribution in [0.5, 0.6) is 5.75 Å². The van der Waals surface area contributed by atoms with Crippen molar-refractivity contribution in [2.75, 3.05) is 26.0 Å². The summed E-state index contributed by atoms with van der Waals surface area (Å²) in [5, 5.41) is 6.94. The number of nitrogens with one attached hydrogen (secondary N) is 1. The van der Waals surface area contributed by atoms with Gasteiger partial charge < -0.3 is 10.1 Å². The number of ether oxygens (including phenoxy) is 1. The Morgan fingerprint density at radius 1 is 1.31 bits per heavy atom. The molecular formula is C20H21ClN2O2S. The fourth-order valence-corrected chi connectivity index (χ4v) is 3.97. The number of aryl methyl sites for hydroxylation is 1. The highest BCUT2D eigenvalue weighted by Gasteiger charge is 2.13. The van der Waals surface area contributed by atoms with Gasteiger partial charge >= 0.3 is 0 Å². The van der Waals surface area contributed by atoms with Gasteiger partial charge in [0.2, 0.25) is 5.91 Å². The predicted octanol–water partition coefficient (Wildman–Crippen LogP) is 4.94. The van der Waals surface area contributed by atoms with E-state index in [2.05, 4.69) is 22.8 Å². The third kappa shape index (κ3) is 4.18. The van der Waals surface area contributed by atoms with Gasteiger partial charge in [0, 0.05) is 22.3 Å². The van der Waals surface area contributed by atoms with Crippen LogP contribution in [0.2, 0.25) is 5.02 Å². The highest BCUT2D eigenvalue weighted by atomic mass is 35.5. The van der Waals surface area contributed by atoms with Crippen molar-refractivity contribution >= 4 is 44.6 Å². The van der Waals surface area contributed by atoms with Gasteiger partial charge in [-0.25, -0.2) is 0 Å². The Morgan fingerprint density at radius 3 is 2.85 bits per heavy atom. The number of thiophene rings is 1. The lowest BCUT2D eigenvalue weighted by atomic mass is 10.1. The quantitative estimate of drug-likeness (QED) is 0.650. The van der Waals surface area contributed by atoms with E-state index in [4.69, 9.17) is 16.3 Å². The number of hydrogen-bond donors (Lipinski definition) is 1. The molecule has 0 saturated heterocycles. The Morgan fingerprint density at radius 2 is 2.08 bits per heavy atom. The molecule has 0 aliphatic carbocycles. The van der Waals surface area contributed by atoms with Crippen LogP contribution < -0.4 is 10.1 Å². The predicted molar refractivity (Wildman–Crippen MR) is 110 cm³/mol. The molecule has 26 heavy (non-hydrogen) atoms. The van der Waals surface area contributed by atoms with Crippen LogP contribution in [0, 0.1) is 6.92 Å². The maximum Gasteiger partial charge on any atom is 0.238 e. The van der Waals surface area contributed by atoms with Crippen LogP contribution in [-0.2, 0) is 11.3 Å². The first-order valence-corrected chi connectivity index (χ1v) is 9.51. The van der Waals surface area contributed by atoms with E-state index < -0.39 is 0 Å². The van der Waals surface area contributed by atoms with Gasteiger partial charge in [-0.15, -0.1) is 11.3 Å². The fourth-order valence-electron chi connectivity index (χ4n) is 2.87. The van der Waals surface area contributed by atoms with E-state index in [1.807, 2.05) is 37.1 Å². The molecule has 0 aliphatic heterocycles. The standard InChI is InChI=1S/C20H21ClN2O2S/c1-13-8-17(18(25-3)9-16(13)21)22-20(24)11-23(2)10-14-12-26-19-7-5-4-6-15(14)19/h4-9,12H,10-11H2,1-3H3,(H,22,24). The molecule has 0 bridgehead atoms. The van der Waals surface area contributed by atoms with Crippen LogP contribution in [-0.4, -0.2) is 31.5 Å².